The van der Waals surface area contributed by atoms with Gasteiger partial charge in [-0.1, -0.05) is 6.07 Å². The third kappa shape index (κ3) is 7.64. The summed E-state index contributed by atoms with van der Waals surface area (Å²) in [7, 11) is 0. The van der Waals surface area contributed by atoms with E-state index < -0.39 is 6.61 Å². The molecule has 152 valence electrons. The van der Waals surface area contributed by atoms with Gasteiger partial charge in [0.15, 0.2) is 11.5 Å². The number of thiazole rings is 1. The number of hydrogen-bond donors (Lipinski definition) is 1. The molecule has 0 aliphatic rings. The Hall–Kier alpha value is -2.48. The van der Waals surface area contributed by atoms with Crippen LogP contribution in [0.1, 0.15) is 36.0 Å². The molecule has 1 heterocycles. The standard InChI is InChI=1S/C20H24F2N2O3S/c1-3-26-17-12-15(7-9-16(17)27-20(21)22)8-10-18(25)23-11-5-4-6-19-24-14(2)13-28-19/h7-10,12-13,20H,3-6,11H2,1-2H3,(H,23,25)/b10-8+. The molecule has 0 fully saturated rings. The van der Waals surface area contributed by atoms with Crippen LogP contribution in [-0.2, 0) is 11.2 Å². The maximum atomic E-state index is 12.4. The first-order valence-electron chi connectivity index (χ1n) is 9.06. The third-order valence-electron chi connectivity index (χ3n) is 3.69. The minimum atomic E-state index is -2.93. The number of alkyl halides is 2. The summed E-state index contributed by atoms with van der Waals surface area (Å²) in [6.45, 7) is 1.69. The lowest BCUT2D eigenvalue weighted by molar-refractivity contribution is -0.116. The first-order chi connectivity index (χ1) is 13.5. The van der Waals surface area contributed by atoms with Crippen LogP contribution < -0.4 is 14.8 Å². The fourth-order valence-corrected chi connectivity index (χ4v) is 3.27. The van der Waals surface area contributed by atoms with Crippen molar-refractivity contribution in [2.75, 3.05) is 13.2 Å². The van der Waals surface area contributed by atoms with Crippen molar-refractivity contribution >= 4 is 23.3 Å². The van der Waals surface area contributed by atoms with Gasteiger partial charge in [-0.3, -0.25) is 4.79 Å². The number of unbranched alkanes of at least 4 members (excludes halogenated alkanes) is 1. The Labute approximate surface area is 167 Å². The normalized spacial score (nSPS) is 11.2. The lowest BCUT2D eigenvalue weighted by Gasteiger charge is -2.11. The second kappa shape index (κ2) is 11.4. The van der Waals surface area contributed by atoms with E-state index in [9.17, 15) is 13.6 Å². The Morgan fingerprint density at radius 1 is 1.32 bits per heavy atom. The first kappa shape index (κ1) is 21.8. The largest absolute Gasteiger partial charge is 0.490 e. The van der Waals surface area contributed by atoms with Gasteiger partial charge in [-0.15, -0.1) is 11.3 Å². The van der Waals surface area contributed by atoms with E-state index in [1.54, 1.807) is 36.5 Å². The lowest BCUT2D eigenvalue weighted by Crippen LogP contribution is -2.22. The molecule has 0 spiro atoms. The van der Waals surface area contributed by atoms with Gasteiger partial charge in [0.05, 0.1) is 11.6 Å². The summed E-state index contributed by atoms with van der Waals surface area (Å²) in [4.78, 5) is 16.3. The summed E-state index contributed by atoms with van der Waals surface area (Å²) >= 11 is 1.66. The summed E-state index contributed by atoms with van der Waals surface area (Å²) in [6.07, 6.45) is 5.75. The molecule has 0 saturated heterocycles. The molecule has 1 aromatic carbocycles. The average Bonchev–Trinajstić information content (AvgIpc) is 3.06. The number of aromatic nitrogens is 1. The van der Waals surface area contributed by atoms with E-state index in [1.165, 1.54) is 12.1 Å². The minimum absolute atomic E-state index is 0.0334. The summed E-state index contributed by atoms with van der Waals surface area (Å²) in [5.74, 6) is -0.0346. The highest BCUT2D eigenvalue weighted by Crippen LogP contribution is 2.30. The second-order valence-corrected chi connectivity index (χ2v) is 6.92. The van der Waals surface area contributed by atoms with Crippen LogP contribution in [0, 0.1) is 6.92 Å². The van der Waals surface area contributed by atoms with Crippen LogP contribution in [0.4, 0.5) is 8.78 Å². The van der Waals surface area contributed by atoms with Crippen LogP contribution in [0.5, 0.6) is 11.5 Å². The molecule has 28 heavy (non-hydrogen) atoms. The van der Waals surface area contributed by atoms with E-state index in [1.807, 2.05) is 12.3 Å². The first-order valence-corrected chi connectivity index (χ1v) is 9.94. The number of ether oxygens (including phenoxy) is 2. The molecule has 1 aromatic heterocycles. The molecule has 0 unspecified atom stereocenters. The van der Waals surface area contributed by atoms with Crippen LogP contribution in [0.25, 0.3) is 6.08 Å². The van der Waals surface area contributed by atoms with E-state index in [-0.39, 0.29) is 17.4 Å². The van der Waals surface area contributed by atoms with Gasteiger partial charge in [0.1, 0.15) is 0 Å². The molecule has 1 amide bonds. The Balaban J connectivity index is 1.78. The fraction of sp³-hybridized carbons (Fsp3) is 0.400. The number of halogens is 2. The monoisotopic (exact) mass is 410 g/mol. The number of nitrogens with one attached hydrogen (secondary N) is 1. The van der Waals surface area contributed by atoms with Crippen LogP contribution in [0.15, 0.2) is 29.7 Å². The predicted octanol–water partition coefficient (Wildman–Crippen LogP) is 4.60. The van der Waals surface area contributed by atoms with Crippen molar-refractivity contribution in [3.05, 3.63) is 45.9 Å². The van der Waals surface area contributed by atoms with E-state index in [0.717, 1.165) is 30.0 Å². The highest BCUT2D eigenvalue weighted by atomic mass is 32.1. The quantitative estimate of drug-likeness (QED) is 0.434. The number of carbonyl (C=O) groups excluding carboxylic acids is 1. The smallest absolute Gasteiger partial charge is 0.387 e. The van der Waals surface area contributed by atoms with Crippen LogP contribution in [-0.4, -0.2) is 30.7 Å². The number of carbonyl (C=O) groups is 1. The molecule has 8 heteroatoms. The van der Waals surface area contributed by atoms with Crippen molar-refractivity contribution in [3.63, 3.8) is 0 Å². The molecule has 0 saturated carbocycles. The zero-order chi connectivity index (χ0) is 20.4. The van der Waals surface area contributed by atoms with Gasteiger partial charge in [0.2, 0.25) is 5.91 Å². The van der Waals surface area contributed by atoms with Crippen molar-refractivity contribution in [2.45, 2.75) is 39.7 Å². The Morgan fingerprint density at radius 2 is 2.14 bits per heavy atom. The average molecular weight is 410 g/mol. The van der Waals surface area contributed by atoms with Crippen LogP contribution in [0.3, 0.4) is 0 Å². The summed E-state index contributed by atoms with van der Waals surface area (Å²) < 4.78 is 34.6. The summed E-state index contributed by atoms with van der Waals surface area (Å²) in [5, 5.41) is 5.98. The van der Waals surface area contributed by atoms with Crippen LogP contribution in [0.2, 0.25) is 0 Å². The van der Waals surface area contributed by atoms with E-state index in [0.29, 0.717) is 18.7 Å². The predicted molar refractivity (Wildman–Crippen MR) is 106 cm³/mol. The molecular formula is C20H24F2N2O3S. The van der Waals surface area contributed by atoms with Crippen molar-refractivity contribution in [1.82, 2.24) is 10.3 Å². The number of hydrogen-bond acceptors (Lipinski definition) is 5. The van der Waals surface area contributed by atoms with E-state index >= 15 is 0 Å². The van der Waals surface area contributed by atoms with E-state index in [4.69, 9.17) is 4.74 Å². The van der Waals surface area contributed by atoms with Gasteiger partial charge >= 0.3 is 6.61 Å². The SMILES string of the molecule is CCOc1cc(/C=C/C(=O)NCCCCc2nc(C)cs2)ccc1OC(F)F. The Bertz CT molecular complexity index is 794. The Morgan fingerprint density at radius 3 is 2.82 bits per heavy atom. The molecular weight excluding hydrogens is 386 g/mol. The molecule has 0 aliphatic carbocycles. The molecule has 0 radical (unpaired) electrons. The van der Waals surface area contributed by atoms with Gasteiger partial charge in [-0.05, 0) is 56.9 Å². The highest BCUT2D eigenvalue weighted by molar-refractivity contribution is 7.09. The molecule has 1 N–H and O–H groups in total. The minimum Gasteiger partial charge on any atom is -0.490 e. The molecule has 0 atom stereocenters. The van der Waals surface area contributed by atoms with Crippen LogP contribution >= 0.6 is 11.3 Å². The topological polar surface area (TPSA) is 60.5 Å². The summed E-state index contributed by atoms with van der Waals surface area (Å²) in [6, 6.07) is 4.54. The molecule has 0 aliphatic heterocycles. The summed E-state index contributed by atoms with van der Waals surface area (Å²) in [5.41, 5.74) is 1.69. The zero-order valence-corrected chi connectivity index (χ0v) is 16.7. The second-order valence-electron chi connectivity index (χ2n) is 5.98. The van der Waals surface area contributed by atoms with Gasteiger partial charge in [0, 0.05) is 23.7 Å². The van der Waals surface area contributed by atoms with Gasteiger partial charge < -0.3 is 14.8 Å². The van der Waals surface area contributed by atoms with Crippen molar-refractivity contribution < 1.29 is 23.0 Å². The number of amides is 1. The zero-order valence-electron chi connectivity index (χ0n) is 15.9. The molecule has 2 aromatic rings. The Kier molecular flexibility index (Phi) is 8.87. The third-order valence-corrected chi connectivity index (χ3v) is 4.72. The van der Waals surface area contributed by atoms with E-state index in [2.05, 4.69) is 15.0 Å². The number of benzene rings is 1. The molecule has 0 bridgehead atoms. The highest BCUT2D eigenvalue weighted by Gasteiger charge is 2.11. The maximum absolute atomic E-state index is 12.4. The molecule has 2 rings (SSSR count). The fourth-order valence-electron chi connectivity index (χ4n) is 2.45. The van der Waals surface area contributed by atoms with Crippen molar-refractivity contribution in [1.29, 1.82) is 0 Å². The van der Waals surface area contributed by atoms with Crippen molar-refractivity contribution in [3.8, 4) is 11.5 Å². The number of nitrogens with zero attached hydrogens (tertiary/aromatic N) is 1. The van der Waals surface area contributed by atoms with Crippen molar-refractivity contribution in [2.24, 2.45) is 0 Å². The van der Waals surface area contributed by atoms with Gasteiger partial charge in [0.25, 0.3) is 0 Å². The lowest BCUT2D eigenvalue weighted by atomic mass is 10.2. The molecule has 5 nitrogen and oxygen atoms in total. The number of aryl methyl sites for hydroxylation is 2. The maximum Gasteiger partial charge on any atom is 0.387 e. The van der Waals surface area contributed by atoms with Gasteiger partial charge in [-0.2, -0.15) is 8.78 Å². The number of rotatable bonds is 11. The van der Waals surface area contributed by atoms with Gasteiger partial charge in [-0.25, -0.2) is 4.98 Å².